The maximum absolute atomic E-state index is 12.4. The monoisotopic (exact) mass is 469 g/mol. The maximum Gasteiger partial charge on any atom is 0.248 e. The first-order valence-electron chi connectivity index (χ1n) is 10.9. The van der Waals surface area contributed by atoms with Crippen molar-refractivity contribution in [3.05, 3.63) is 83.9 Å². The van der Waals surface area contributed by atoms with Gasteiger partial charge in [-0.1, -0.05) is 24.3 Å². The molecule has 0 atom stereocenters. The van der Waals surface area contributed by atoms with Crippen molar-refractivity contribution in [2.45, 2.75) is 43.7 Å². The van der Waals surface area contributed by atoms with Crippen LogP contribution in [0, 0.1) is 0 Å². The van der Waals surface area contributed by atoms with E-state index in [9.17, 15) is 13.2 Å². The van der Waals surface area contributed by atoms with Crippen molar-refractivity contribution < 1.29 is 13.2 Å². The Kier molecular flexibility index (Phi) is 8.01. The smallest absolute Gasteiger partial charge is 0.248 e. The molecule has 4 N–H and O–H groups in total. The average molecular weight is 470 g/mol. The van der Waals surface area contributed by atoms with Gasteiger partial charge in [-0.3, -0.25) is 4.79 Å². The fraction of sp³-hybridized carbons (Fsp3) is 0.333. The van der Waals surface area contributed by atoms with Crippen LogP contribution in [0.4, 0.5) is 0 Å². The molecular formula is C24H31N5O3S. The number of nitrogens with two attached hydrogens (primary N) is 1. The van der Waals surface area contributed by atoms with E-state index in [1.54, 1.807) is 6.20 Å². The molecule has 9 heteroatoms. The third kappa shape index (κ3) is 6.98. The van der Waals surface area contributed by atoms with E-state index in [2.05, 4.69) is 45.6 Å². The van der Waals surface area contributed by atoms with Crippen molar-refractivity contribution in [3.8, 4) is 0 Å². The van der Waals surface area contributed by atoms with Gasteiger partial charge in [0.25, 0.3) is 0 Å². The lowest BCUT2D eigenvalue weighted by molar-refractivity contribution is 0.1000. The number of aryl methyl sites for hydroxylation is 1. The van der Waals surface area contributed by atoms with Crippen molar-refractivity contribution in [2.24, 2.45) is 5.73 Å². The second-order valence-electron chi connectivity index (χ2n) is 8.44. The Morgan fingerprint density at radius 2 is 1.76 bits per heavy atom. The molecule has 1 amide bonds. The number of carbonyl (C=O) groups is 1. The van der Waals surface area contributed by atoms with Crippen molar-refractivity contribution >= 4 is 15.9 Å². The second kappa shape index (κ2) is 10.7. The summed E-state index contributed by atoms with van der Waals surface area (Å²) in [7, 11) is -3.65. The highest BCUT2D eigenvalue weighted by Gasteiger charge is 2.19. The van der Waals surface area contributed by atoms with Crippen LogP contribution in [-0.2, 0) is 28.5 Å². The lowest BCUT2D eigenvalue weighted by Crippen LogP contribution is -2.37. The summed E-state index contributed by atoms with van der Waals surface area (Å²) in [6.07, 6.45) is 7.14. The summed E-state index contributed by atoms with van der Waals surface area (Å²) in [6.45, 7) is 6.38. The van der Waals surface area contributed by atoms with Crippen LogP contribution in [-0.4, -0.2) is 37.0 Å². The molecule has 0 aliphatic carbocycles. The summed E-state index contributed by atoms with van der Waals surface area (Å²) in [5.41, 5.74) is 7.50. The second-order valence-corrected chi connectivity index (χ2v) is 10.2. The molecule has 0 bridgehead atoms. The zero-order valence-corrected chi connectivity index (χ0v) is 19.8. The zero-order valence-electron chi connectivity index (χ0n) is 19.0. The number of hydrogen-bond acceptors (Lipinski definition) is 5. The van der Waals surface area contributed by atoms with Gasteiger partial charge in [0.2, 0.25) is 15.9 Å². The number of aromatic nitrogens is 2. The lowest BCUT2D eigenvalue weighted by Gasteiger charge is -2.27. The number of carbonyl (C=O) groups excluding carboxylic acids is 1. The van der Waals surface area contributed by atoms with Gasteiger partial charge in [-0.05, 0) is 68.6 Å². The third-order valence-electron chi connectivity index (χ3n) is 5.55. The number of sulfonamides is 1. The molecule has 3 aromatic rings. The number of imidazole rings is 1. The molecule has 0 unspecified atom stereocenters. The molecule has 0 spiro atoms. The minimum absolute atomic E-state index is 0.101. The Balaban J connectivity index is 1.47. The van der Waals surface area contributed by atoms with E-state index in [-0.39, 0.29) is 22.5 Å². The minimum atomic E-state index is -3.65. The van der Waals surface area contributed by atoms with E-state index in [1.807, 2.05) is 24.7 Å². The summed E-state index contributed by atoms with van der Waals surface area (Å²) in [5.74, 6) is -0.594. The number of amides is 1. The fourth-order valence-corrected chi connectivity index (χ4v) is 4.51. The van der Waals surface area contributed by atoms with Crippen LogP contribution in [0.15, 0.2) is 72.1 Å². The van der Waals surface area contributed by atoms with Crippen LogP contribution in [0.25, 0.3) is 0 Å². The number of hydrogen-bond donors (Lipinski definition) is 3. The van der Waals surface area contributed by atoms with Crippen molar-refractivity contribution in [2.75, 3.05) is 13.1 Å². The fourth-order valence-electron chi connectivity index (χ4n) is 3.48. The molecule has 0 aliphatic heterocycles. The Morgan fingerprint density at radius 3 is 2.36 bits per heavy atom. The average Bonchev–Trinajstić information content (AvgIpc) is 3.31. The highest BCUT2D eigenvalue weighted by molar-refractivity contribution is 7.89. The largest absolute Gasteiger partial charge is 0.366 e. The molecule has 0 aliphatic rings. The molecule has 0 fully saturated rings. The molecular weight excluding hydrogens is 438 g/mol. The van der Waals surface area contributed by atoms with E-state index >= 15 is 0 Å². The summed E-state index contributed by atoms with van der Waals surface area (Å²) < 4.78 is 29.6. The third-order valence-corrected chi connectivity index (χ3v) is 7.03. The van der Waals surface area contributed by atoms with Crippen LogP contribution >= 0.6 is 0 Å². The van der Waals surface area contributed by atoms with Crippen LogP contribution in [0.2, 0.25) is 0 Å². The summed E-state index contributed by atoms with van der Waals surface area (Å²) in [5, 5.41) is 3.59. The number of nitrogens with one attached hydrogen (secondary N) is 2. The van der Waals surface area contributed by atoms with Gasteiger partial charge in [0.1, 0.15) is 0 Å². The summed E-state index contributed by atoms with van der Waals surface area (Å²) in [4.78, 5) is 15.3. The van der Waals surface area contributed by atoms with E-state index in [0.29, 0.717) is 6.42 Å². The Hall–Kier alpha value is -3.01. The topological polar surface area (TPSA) is 119 Å². The molecule has 33 heavy (non-hydrogen) atoms. The first kappa shape index (κ1) is 24.6. The van der Waals surface area contributed by atoms with Crippen LogP contribution < -0.4 is 15.8 Å². The van der Waals surface area contributed by atoms with E-state index < -0.39 is 15.9 Å². The number of benzene rings is 2. The van der Waals surface area contributed by atoms with Gasteiger partial charge in [-0.15, -0.1) is 0 Å². The molecule has 8 nitrogen and oxygen atoms in total. The van der Waals surface area contributed by atoms with Crippen molar-refractivity contribution in [3.63, 3.8) is 0 Å². The van der Waals surface area contributed by atoms with E-state index in [1.165, 1.54) is 29.8 Å². The summed E-state index contributed by atoms with van der Waals surface area (Å²) in [6, 6.07) is 13.8. The molecule has 0 saturated heterocycles. The molecule has 0 radical (unpaired) electrons. The van der Waals surface area contributed by atoms with Gasteiger partial charge in [-0.2, -0.15) is 0 Å². The Labute approximate surface area is 195 Å². The Morgan fingerprint density at radius 1 is 1.06 bits per heavy atom. The predicted octanol–water partition coefficient (Wildman–Crippen LogP) is 2.42. The van der Waals surface area contributed by atoms with E-state index in [0.717, 1.165) is 25.1 Å². The lowest BCUT2D eigenvalue weighted by atomic mass is 9.93. The van der Waals surface area contributed by atoms with Gasteiger partial charge >= 0.3 is 0 Å². The van der Waals surface area contributed by atoms with Crippen molar-refractivity contribution in [1.29, 1.82) is 0 Å². The van der Waals surface area contributed by atoms with Gasteiger partial charge in [0, 0.05) is 36.6 Å². The number of primary amides is 1. The van der Waals surface area contributed by atoms with Gasteiger partial charge in [-0.25, -0.2) is 18.1 Å². The van der Waals surface area contributed by atoms with Crippen LogP contribution in [0.5, 0.6) is 0 Å². The first-order valence-corrected chi connectivity index (χ1v) is 12.4. The molecule has 1 heterocycles. The van der Waals surface area contributed by atoms with E-state index in [4.69, 9.17) is 5.73 Å². The normalized spacial score (nSPS) is 12.1. The minimum Gasteiger partial charge on any atom is -0.366 e. The number of nitrogens with zero attached hydrogens (tertiary/aromatic N) is 2. The van der Waals surface area contributed by atoms with Gasteiger partial charge < -0.3 is 15.6 Å². The van der Waals surface area contributed by atoms with Crippen LogP contribution in [0.3, 0.4) is 0 Å². The first-order chi connectivity index (χ1) is 15.7. The van der Waals surface area contributed by atoms with Gasteiger partial charge in [0.05, 0.1) is 11.2 Å². The standard InChI is InChI=1S/C24H31N5O3S/c1-24(2,27-13-3-16-29-17-15-26-18-29)21-8-4-19(5-9-21)12-14-28-33(31,32)22-10-6-20(7-11-22)23(25)30/h4-11,15,17-18,27-28H,3,12-14,16H2,1-2H3,(H2,25,30). The molecule has 1 aromatic heterocycles. The molecule has 0 saturated carbocycles. The summed E-state index contributed by atoms with van der Waals surface area (Å²) >= 11 is 0. The quantitative estimate of drug-likeness (QED) is 0.352. The highest BCUT2D eigenvalue weighted by atomic mass is 32.2. The molecule has 176 valence electrons. The SMILES string of the molecule is CC(C)(NCCCn1ccnc1)c1ccc(CCNS(=O)(=O)c2ccc(C(N)=O)cc2)cc1. The Bertz CT molecular complexity index is 1140. The van der Waals surface area contributed by atoms with Crippen molar-refractivity contribution in [1.82, 2.24) is 19.6 Å². The molecule has 3 rings (SSSR count). The molecule has 2 aromatic carbocycles. The van der Waals surface area contributed by atoms with Gasteiger partial charge in [0.15, 0.2) is 0 Å². The zero-order chi connectivity index (χ0) is 23.9. The van der Waals surface area contributed by atoms with Crippen LogP contribution in [0.1, 0.15) is 41.8 Å². The number of rotatable bonds is 12. The highest BCUT2D eigenvalue weighted by Crippen LogP contribution is 2.20. The predicted molar refractivity (Wildman–Crippen MR) is 128 cm³/mol. The maximum atomic E-state index is 12.4.